The molecule has 4 unspecified atom stereocenters. The van der Waals surface area contributed by atoms with Crippen molar-refractivity contribution in [1.29, 1.82) is 0 Å². The standard InChI is InChI=1S/C24H20FN3O5S.C21H19FN2O4.C15H16BrNO2.C9H9BrO2.C6H5BFNO4.C6H7N.C3H3NO2S/c25-22-8-5-18(28(31)32)13-21(22)17-2-6-20(7-3-17)33-14-19(27-23(29)15-34-24(27)30)4-1-16-9-11-26-12-10-16;22-21-8-4-17(24(26)27)13-20(21)16-2-6-19(7-3-16)28-14-18(25)5-1-15-9-11-23-12-10-15;16-13-2-5-15(6-3-13)19-11-14(18)4-1-12-7-9-17-10-8-12;10-7-1-3-8(4-2-7)11-5-9-6-12-9;8-6-2-1-4(9(12)13)3-5(6)7(10)11;1-6-2-4-7-5-3-6;5-2-1-7-3(6)4-2/h2-3,5-13,19H,1,4,14-15H2;2-4,6-13,18,25H,1,5,14H2;2-3,5-10,14,18H,1,4,11H2;1-4,9H,5-6H2;1-3,10-11H;2-5H,1H3;1H2,(H,4,5,6). The van der Waals surface area contributed by atoms with Gasteiger partial charge in [0, 0.05) is 112 Å². The number of aliphatic hydroxyl groups excluding tert-OH is 2. The van der Waals surface area contributed by atoms with Gasteiger partial charge in [-0.1, -0.05) is 79.6 Å². The highest BCUT2D eigenvalue weighted by Gasteiger charge is 2.36. The van der Waals surface area contributed by atoms with Gasteiger partial charge in [-0.05, 0) is 218 Å². The van der Waals surface area contributed by atoms with Gasteiger partial charge in [0.1, 0.15) is 73.0 Å². The van der Waals surface area contributed by atoms with E-state index in [9.17, 15) is 72.9 Å². The van der Waals surface area contributed by atoms with E-state index >= 15 is 0 Å². The van der Waals surface area contributed by atoms with E-state index in [4.69, 9.17) is 33.7 Å². The minimum absolute atomic E-state index is 0.105. The SMILES string of the molecule is Brc1ccc(OCC2CO2)cc1.Cc1ccncc1.O=C1CSC(=O)N1.O=C1CSC(=O)N1C(CCc1ccncc1)COc1ccc(-c2cc([N+](=O)[O-])ccc2F)cc1.O=[N+]([O-])c1ccc(F)c(-c2ccc(OCC(O)CCc3ccncc3)cc2)c1.O=[N+]([O-])c1ccc(F)c(B(O)O)c1.OC(CCc1ccncc1)COc1ccc(Br)cc1. The number of amides is 4. The molecule has 0 radical (unpaired) electrons. The number of pyridine rings is 4. The molecule has 0 spiro atoms. The normalized spacial score (nSPS) is 13.5. The summed E-state index contributed by atoms with van der Waals surface area (Å²) in [5.74, 6) is 0.648. The first-order valence-corrected chi connectivity index (χ1v) is 40.2. The Bertz CT molecular complexity index is 5080. The predicted molar refractivity (Wildman–Crippen MR) is 453 cm³/mol. The number of carbonyl (C=O) groups excluding carboxylic acids is 4. The lowest BCUT2D eigenvalue weighted by atomic mass is 9.80. The van der Waals surface area contributed by atoms with Crippen molar-refractivity contribution in [2.45, 2.75) is 69.8 Å². The fourth-order valence-electron chi connectivity index (χ4n) is 10.6. The second kappa shape index (κ2) is 49.5. The van der Waals surface area contributed by atoms with Crippen molar-refractivity contribution in [3.63, 3.8) is 0 Å². The number of hydrogen-bond acceptors (Lipinski definition) is 25. The van der Waals surface area contributed by atoms with Gasteiger partial charge in [0.15, 0.2) is 0 Å². The zero-order valence-corrected chi connectivity index (χ0v) is 68.8. The highest BCUT2D eigenvalue weighted by atomic mass is 79.9. The van der Waals surface area contributed by atoms with Crippen molar-refractivity contribution in [2.75, 3.05) is 44.5 Å². The molecule has 36 heteroatoms. The Labute approximate surface area is 712 Å². The van der Waals surface area contributed by atoms with E-state index in [2.05, 4.69) is 57.1 Å². The summed E-state index contributed by atoms with van der Waals surface area (Å²) >= 11 is 8.71. The number of aliphatic hydroxyl groups is 2. The zero-order chi connectivity index (χ0) is 86.3. The molecule has 28 nitrogen and oxygen atoms in total. The lowest BCUT2D eigenvalue weighted by Gasteiger charge is -2.25. The molecule has 0 aliphatic carbocycles. The first kappa shape index (κ1) is 93.6. The van der Waals surface area contributed by atoms with E-state index in [1.165, 1.54) is 28.2 Å². The van der Waals surface area contributed by atoms with Gasteiger partial charge in [-0.25, -0.2) is 13.2 Å². The third-order valence-electron chi connectivity index (χ3n) is 17.0. The Morgan fingerprint density at radius 2 is 0.883 bits per heavy atom. The summed E-state index contributed by atoms with van der Waals surface area (Å²) in [5.41, 5.74) is 4.54. The number of imide groups is 2. The molecule has 3 fully saturated rings. The number of hydrogen-bond donors (Lipinski definition) is 5. The van der Waals surface area contributed by atoms with Crippen molar-refractivity contribution >= 4 is 107 Å². The molecule has 0 saturated carbocycles. The van der Waals surface area contributed by atoms with E-state index in [1.54, 1.807) is 98.1 Å². The molecule has 4 aromatic heterocycles. The Hall–Kier alpha value is -11.9. The molecule has 624 valence electrons. The van der Waals surface area contributed by atoms with Crippen LogP contribution in [-0.2, 0) is 33.6 Å². The maximum atomic E-state index is 14.2. The Kier molecular flexibility index (Phi) is 38.6. The fourth-order valence-corrected chi connectivity index (χ4v) is 12.4. The lowest BCUT2D eigenvalue weighted by Crippen LogP contribution is -2.43. The number of nitro benzene ring substituents is 3. The zero-order valence-electron chi connectivity index (χ0n) is 63.9. The van der Waals surface area contributed by atoms with E-state index < -0.39 is 63.1 Å². The smallest absolute Gasteiger partial charge is 0.491 e. The summed E-state index contributed by atoms with van der Waals surface area (Å²) in [5, 5.41) is 70.8. The molecule has 11 aromatic rings. The van der Waals surface area contributed by atoms with Gasteiger partial charge >= 0.3 is 7.12 Å². The average Bonchev–Trinajstić information content (AvgIpc) is 1.46. The Morgan fingerprint density at radius 1 is 0.508 bits per heavy atom. The fraction of sp³-hybridized carbons (Fsp3) is 0.214. The van der Waals surface area contributed by atoms with Crippen LogP contribution in [0.2, 0.25) is 0 Å². The monoisotopic (exact) mass is 1810 g/mol. The van der Waals surface area contributed by atoms with Gasteiger partial charge in [-0.3, -0.25) is 79.7 Å². The quantitative estimate of drug-likeness (QED) is 0.0132. The molecule has 0 bridgehead atoms. The number of ether oxygens (including phenoxy) is 5. The molecule has 14 rings (SSSR count). The predicted octanol–water partition coefficient (Wildman–Crippen LogP) is 15.3. The number of nitrogens with zero attached hydrogens (tertiary/aromatic N) is 8. The number of aryl methyl sites for hydroxylation is 4. The van der Waals surface area contributed by atoms with Gasteiger partial charge in [-0.15, -0.1) is 0 Å². The molecular formula is C84H79BBr2F3N9O19S2. The highest BCUT2D eigenvalue weighted by Crippen LogP contribution is 2.32. The van der Waals surface area contributed by atoms with Crippen LogP contribution in [0, 0.1) is 54.7 Å². The molecule has 3 saturated heterocycles. The Balaban J connectivity index is 0.000000186. The first-order chi connectivity index (χ1) is 57.7. The summed E-state index contributed by atoms with van der Waals surface area (Å²) < 4.78 is 70.5. The number of non-ortho nitro benzene ring substituents is 3. The number of halogens is 5. The van der Waals surface area contributed by atoms with Crippen LogP contribution in [0.3, 0.4) is 0 Å². The van der Waals surface area contributed by atoms with E-state index in [0.29, 0.717) is 73.4 Å². The topological polar surface area (TPSA) is 395 Å². The molecule has 4 amide bonds. The van der Waals surface area contributed by atoms with E-state index in [-0.39, 0.29) is 69.4 Å². The average molecular weight is 1810 g/mol. The molecule has 5 N–H and O–H groups in total. The number of benzene rings is 7. The van der Waals surface area contributed by atoms with Crippen LogP contribution in [0.4, 0.5) is 39.8 Å². The van der Waals surface area contributed by atoms with Crippen LogP contribution in [0.25, 0.3) is 22.3 Å². The molecule has 7 heterocycles. The summed E-state index contributed by atoms with van der Waals surface area (Å²) in [4.78, 5) is 92.0. The lowest BCUT2D eigenvalue weighted by molar-refractivity contribution is -0.385. The van der Waals surface area contributed by atoms with Crippen LogP contribution < -0.4 is 29.7 Å². The summed E-state index contributed by atoms with van der Waals surface area (Å²) in [6, 6.07) is 52.7. The van der Waals surface area contributed by atoms with Crippen LogP contribution in [0.5, 0.6) is 23.0 Å². The number of nitrogens with one attached hydrogen (secondary N) is 1. The van der Waals surface area contributed by atoms with Gasteiger partial charge in [-0.2, -0.15) is 0 Å². The van der Waals surface area contributed by atoms with Crippen LogP contribution >= 0.6 is 55.4 Å². The minimum atomic E-state index is -2.04. The van der Waals surface area contributed by atoms with Crippen LogP contribution in [0.15, 0.2) is 259 Å². The highest BCUT2D eigenvalue weighted by molar-refractivity contribution is 9.10. The number of epoxide rings is 1. The molecule has 3 aliphatic rings. The number of aromatic nitrogens is 4. The van der Waals surface area contributed by atoms with Gasteiger partial charge in [0.05, 0.1) is 51.1 Å². The minimum Gasteiger partial charge on any atom is -0.491 e. The number of thioether (sulfide) groups is 2. The van der Waals surface area contributed by atoms with Crippen molar-refractivity contribution in [2.24, 2.45) is 0 Å². The maximum Gasteiger partial charge on any atom is 0.491 e. The third-order valence-corrected chi connectivity index (χ3v) is 19.7. The van der Waals surface area contributed by atoms with E-state index in [1.807, 2.05) is 104 Å². The van der Waals surface area contributed by atoms with E-state index in [0.717, 1.165) is 117 Å². The van der Waals surface area contributed by atoms with Crippen LogP contribution in [-0.4, -0.2) is 158 Å². The van der Waals surface area contributed by atoms with Gasteiger partial charge in [0.25, 0.3) is 27.5 Å². The maximum absolute atomic E-state index is 14.2. The van der Waals surface area contributed by atoms with Crippen molar-refractivity contribution in [1.82, 2.24) is 30.2 Å². The first-order valence-electron chi connectivity index (χ1n) is 36.6. The van der Waals surface area contributed by atoms with Crippen molar-refractivity contribution in [3.8, 4) is 45.3 Å². The number of carbonyl (C=O) groups is 4. The van der Waals surface area contributed by atoms with Gasteiger partial charge < -0.3 is 43.9 Å². The van der Waals surface area contributed by atoms with Crippen molar-refractivity contribution < 1.29 is 91.1 Å². The molecule has 3 aliphatic heterocycles. The van der Waals surface area contributed by atoms with Crippen molar-refractivity contribution in [3.05, 3.63) is 329 Å². The van der Waals surface area contributed by atoms with Crippen LogP contribution in [0.1, 0.15) is 41.5 Å². The largest absolute Gasteiger partial charge is 0.491 e. The summed E-state index contributed by atoms with van der Waals surface area (Å²) in [6.45, 7) is 4.11. The second-order valence-electron chi connectivity index (χ2n) is 25.9. The molecule has 120 heavy (non-hydrogen) atoms. The summed E-state index contributed by atoms with van der Waals surface area (Å²) in [7, 11) is -2.04. The third kappa shape index (κ3) is 33.5. The molecule has 4 atom stereocenters. The second-order valence-corrected chi connectivity index (χ2v) is 29.7. The summed E-state index contributed by atoms with van der Waals surface area (Å²) in [6.07, 6.45) is 17.1. The molecular weight excluding hydrogens is 1730 g/mol. The Morgan fingerprint density at radius 3 is 1.23 bits per heavy atom. The number of nitro groups is 3. The number of rotatable bonds is 28. The van der Waals surface area contributed by atoms with Gasteiger partial charge in [0.2, 0.25) is 11.8 Å². The molecule has 7 aromatic carbocycles.